The van der Waals surface area contributed by atoms with Crippen molar-refractivity contribution in [3.8, 4) is 0 Å². The Labute approximate surface area is 121 Å². The summed E-state index contributed by atoms with van der Waals surface area (Å²) in [6.07, 6.45) is 0.841. The molecule has 0 aliphatic rings. The van der Waals surface area contributed by atoms with Crippen LogP contribution in [0.5, 0.6) is 0 Å². The first kappa shape index (κ1) is 13.9. The zero-order valence-electron chi connectivity index (χ0n) is 10.3. The minimum absolute atomic E-state index is 0.00694. The minimum atomic E-state index is -0.832. The van der Waals surface area contributed by atoms with Crippen molar-refractivity contribution in [2.45, 2.75) is 6.42 Å². The summed E-state index contributed by atoms with van der Waals surface area (Å²) in [4.78, 5) is 14.0. The highest BCUT2D eigenvalue weighted by Crippen LogP contribution is 2.19. The second-order valence-corrected chi connectivity index (χ2v) is 5.59. The van der Waals surface area contributed by atoms with Crippen LogP contribution in [0.3, 0.4) is 0 Å². The fourth-order valence-corrected chi connectivity index (χ4v) is 2.64. The van der Waals surface area contributed by atoms with Crippen molar-refractivity contribution in [3.05, 3.63) is 51.7 Å². The number of rotatable bonds is 6. The van der Waals surface area contributed by atoms with E-state index in [1.165, 1.54) is 4.88 Å². The van der Waals surface area contributed by atoms with Gasteiger partial charge in [0.05, 0.1) is 0 Å². The summed E-state index contributed by atoms with van der Waals surface area (Å²) in [7, 11) is 0. The second-order valence-electron chi connectivity index (χ2n) is 4.12. The lowest BCUT2D eigenvalue weighted by Gasteiger charge is -2.22. The molecule has 0 atom stereocenters. The predicted molar refractivity (Wildman–Crippen MR) is 79.3 cm³/mol. The Morgan fingerprint density at radius 2 is 2.00 bits per heavy atom. The van der Waals surface area contributed by atoms with E-state index >= 15 is 0 Å². The SMILES string of the molecule is O=C(O)CN(CCc1cccs1)c1ccc(Cl)cc1. The average Bonchev–Trinajstić information content (AvgIpc) is 2.88. The molecule has 0 saturated carbocycles. The van der Waals surface area contributed by atoms with Gasteiger partial charge in [0, 0.05) is 22.1 Å². The van der Waals surface area contributed by atoms with Crippen LogP contribution in [0.2, 0.25) is 5.02 Å². The third kappa shape index (κ3) is 4.26. The summed E-state index contributed by atoms with van der Waals surface area (Å²) in [6.45, 7) is 0.668. The molecule has 0 unspecified atom stereocenters. The summed E-state index contributed by atoms with van der Waals surface area (Å²) in [5.41, 5.74) is 0.878. The first-order valence-corrected chi connectivity index (χ1v) is 7.15. The Hall–Kier alpha value is -1.52. The Kier molecular flexibility index (Phi) is 4.82. The number of anilines is 1. The van der Waals surface area contributed by atoms with Crippen molar-refractivity contribution in [3.63, 3.8) is 0 Å². The molecule has 0 saturated heterocycles. The third-order valence-corrected chi connectivity index (χ3v) is 3.91. The van der Waals surface area contributed by atoms with Gasteiger partial charge in [-0.25, -0.2) is 0 Å². The van der Waals surface area contributed by atoms with Crippen LogP contribution in [-0.4, -0.2) is 24.2 Å². The highest BCUT2D eigenvalue weighted by Gasteiger charge is 2.11. The van der Waals surface area contributed by atoms with Crippen LogP contribution in [0.1, 0.15) is 4.88 Å². The molecule has 0 amide bonds. The van der Waals surface area contributed by atoms with Gasteiger partial charge < -0.3 is 10.0 Å². The molecular formula is C14H14ClNO2S. The molecule has 0 bridgehead atoms. The van der Waals surface area contributed by atoms with E-state index in [4.69, 9.17) is 16.7 Å². The number of halogens is 1. The molecule has 0 spiro atoms. The Morgan fingerprint density at radius 3 is 2.58 bits per heavy atom. The molecule has 1 heterocycles. The standard InChI is InChI=1S/C14H14ClNO2S/c15-11-3-5-12(6-4-11)16(10-14(17)18)8-7-13-2-1-9-19-13/h1-6,9H,7-8,10H2,(H,17,18). The molecule has 0 radical (unpaired) electrons. The molecule has 0 aliphatic carbocycles. The van der Waals surface area contributed by atoms with Gasteiger partial charge in [0.2, 0.25) is 0 Å². The molecule has 1 aromatic heterocycles. The molecular weight excluding hydrogens is 282 g/mol. The van der Waals surface area contributed by atoms with Gasteiger partial charge in [0.25, 0.3) is 0 Å². The van der Waals surface area contributed by atoms with E-state index in [1.807, 2.05) is 28.5 Å². The average molecular weight is 296 g/mol. The highest BCUT2D eigenvalue weighted by atomic mass is 35.5. The zero-order chi connectivity index (χ0) is 13.7. The monoisotopic (exact) mass is 295 g/mol. The van der Waals surface area contributed by atoms with Crippen molar-refractivity contribution in [1.82, 2.24) is 0 Å². The van der Waals surface area contributed by atoms with Gasteiger partial charge in [-0.15, -0.1) is 11.3 Å². The van der Waals surface area contributed by atoms with Crippen molar-refractivity contribution in [2.75, 3.05) is 18.0 Å². The molecule has 100 valence electrons. The predicted octanol–water partition coefficient (Wildman–Crippen LogP) is 3.54. The maximum absolute atomic E-state index is 10.9. The van der Waals surface area contributed by atoms with Gasteiger partial charge in [0.1, 0.15) is 6.54 Å². The number of carboxylic acids is 1. The quantitative estimate of drug-likeness (QED) is 0.886. The largest absolute Gasteiger partial charge is 0.480 e. The molecule has 2 aromatic rings. The van der Waals surface area contributed by atoms with Crippen LogP contribution in [-0.2, 0) is 11.2 Å². The van der Waals surface area contributed by atoms with E-state index in [-0.39, 0.29) is 6.54 Å². The lowest BCUT2D eigenvalue weighted by Crippen LogP contribution is -2.31. The summed E-state index contributed by atoms with van der Waals surface area (Å²) in [5.74, 6) is -0.832. The molecule has 5 heteroatoms. The van der Waals surface area contributed by atoms with Crippen molar-refractivity contribution >= 4 is 34.6 Å². The van der Waals surface area contributed by atoms with Crippen LogP contribution in [0.15, 0.2) is 41.8 Å². The number of carboxylic acid groups (broad SMARTS) is 1. The van der Waals surface area contributed by atoms with Gasteiger partial charge in [-0.05, 0) is 42.1 Å². The van der Waals surface area contributed by atoms with Crippen molar-refractivity contribution in [1.29, 1.82) is 0 Å². The molecule has 1 N–H and O–H groups in total. The van der Waals surface area contributed by atoms with Crippen LogP contribution in [0.25, 0.3) is 0 Å². The van der Waals surface area contributed by atoms with Crippen molar-refractivity contribution < 1.29 is 9.90 Å². The Balaban J connectivity index is 2.06. The molecule has 0 aliphatic heterocycles. The smallest absolute Gasteiger partial charge is 0.323 e. The van der Waals surface area contributed by atoms with Gasteiger partial charge in [-0.1, -0.05) is 17.7 Å². The Bertz CT molecular complexity index is 525. The van der Waals surface area contributed by atoms with Gasteiger partial charge >= 0.3 is 5.97 Å². The van der Waals surface area contributed by atoms with E-state index in [9.17, 15) is 4.79 Å². The van der Waals surface area contributed by atoms with Gasteiger partial charge in [0.15, 0.2) is 0 Å². The first-order chi connectivity index (χ1) is 9.15. The normalized spacial score (nSPS) is 10.4. The molecule has 0 fully saturated rings. The second kappa shape index (κ2) is 6.59. The zero-order valence-corrected chi connectivity index (χ0v) is 11.8. The number of hydrogen-bond donors (Lipinski definition) is 1. The molecule has 3 nitrogen and oxygen atoms in total. The summed E-state index contributed by atoms with van der Waals surface area (Å²) in [5, 5.41) is 11.7. The maximum atomic E-state index is 10.9. The van der Waals surface area contributed by atoms with Crippen LogP contribution >= 0.6 is 22.9 Å². The lowest BCUT2D eigenvalue weighted by atomic mass is 10.2. The summed E-state index contributed by atoms with van der Waals surface area (Å²) in [6, 6.07) is 11.3. The number of carbonyl (C=O) groups is 1. The number of hydrogen-bond acceptors (Lipinski definition) is 3. The van der Waals surface area contributed by atoms with Crippen LogP contribution < -0.4 is 4.90 Å². The third-order valence-electron chi connectivity index (χ3n) is 2.73. The molecule has 19 heavy (non-hydrogen) atoms. The maximum Gasteiger partial charge on any atom is 0.323 e. The number of benzene rings is 1. The van der Waals surface area contributed by atoms with E-state index < -0.39 is 5.97 Å². The number of aliphatic carboxylic acids is 1. The van der Waals surface area contributed by atoms with Gasteiger partial charge in [-0.2, -0.15) is 0 Å². The van der Waals surface area contributed by atoms with Gasteiger partial charge in [-0.3, -0.25) is 4.79 Å². The summed E-state index contributed by atoms with van der Waals surface area (Å²) < 4.78 is 0. The van der Waals surface area contributed by atoms with E-state index in [2.05, 4.69) is 6.07 Å². The lowest BCUT2D eigenvalue weighted by molar-refractivity contribution is -0.135. The topological polar surface area (TPSA) is 40.5 Å². The molecule has 2 rings (SSSR count). The van der Waals surface area contributed by atoms with Crippen LogP contribution in [0, 0.1) is 0 Å². The highest BCUT2D eigenvalue weighted by molar-refractivity contribution is 7.09. The molecule has 1 aromatic carbocycles. The Morgan fingerprint density at radius 1 is 1.26 bits per heavy atom. The van der Waals surface area contributed by atoms with Crippen LogP contribution in [0.4, 0.5) is 5.69 Å². The van der Waals surface area contributed by atoms with Crippen molar-refractivity contribution in [2.24, 2.45) is 0 Å². The fraction of sp³-hybridized carbons (Fsp3) is 0.214. The minimum Gasteiger partial charge on any atom is -0.480 e. The first-order valence-electron chi connectivity index (χ1n) is 5.90. The van der Waals surface area contributed by atoms with E-state index in [0.29, 0.717) is 11.6 Å². The fourth-order valence-electron chi connectivity index (χ4n) is 1.81. The number of thiophene rings is 1. The number of nitrogens with zero attached hydrogens (tertiary/aromatic N) is 1. The van der Waals surface area contributed by atoms with E-state index in [1.54, 1.807) is 23.5 Å². The van der Waals surface area contributed by atoms with E-state index in [0.717, 1.165) is 12.1 Å². The summed E-state index contributed by atoms with van der Waals surface area (Å²) >= 11 is 7.53.